The molecule has 0 atom stereocenters. The lowest BCUT2D eigenvalue weighted by Crippen LogP contribution is -2.25. The molecule has 0 unspecified atom stereocenters. The zero-order chi connectivity index (χ0) is 9.02. The van der Waals surface area contributed by atoms with E-state index in [4.69, 9.17) is 5.41 Å². The monoisotopic (exact) mass is 154 g/mol. The van der Waals surface area contributed by atoms with Gasteiger partial charge in [-0.25, -0.2) is 0 Å². The SMILES string of the molecule is C/C(C=N)=C(/C)N(C)C(C)C. The van der Waals surface area contributed by atoms with Gasteiger partial charge in [0, 0.05) is 25.0 Å². The van der Waals surface area contributed by atoms with Crippen molar-refractivity contribution in [2.75, 3.05) is 7.05 Å². The van der Waals surface area contributed by atoms with E-state index in [1.165, 1.54) is 11.9 Å². The highest BCUT2D eigenvalue weighted by atomic mass is 15.1. The van der Waals surface area contributed by atoms with Crippen LogP contribution in [-0.2, 0) is 0 Å². The number of nitrogens with zero attached hydrogens (tertiary/aromatic N) is 1. The summed E-state index contributed by atoms with van der Waals surface area (Å²) >= 11 is 0. The molecule has 0 aromatic carbocycles. The second kappa shape index (κ2) is 4.16. The lowest BCUT2D eigenvalue weighted by atomic mass is 10.2. The Hall–Kier alpha value is -0.790. The van der Waals surface area contributed by atoms with Gasteiger partial charge in [-0.05, 0) is 33.3 Å². The maximum absolute atomic E-state index is 7.06. The summed E-state index contributed by atoms with van der Waals surface area (Å²) in [5.41, 5.74) is 2.20. The van der Waals surface area contributed by atoms with Crippen LogP contribution in [0.3, 0.4) is 0 Å². The molecule has 0 aliphatic rings. The molecule has 0 bridgehead atoms. The van der Waals surface area contributed by atoms with E-state index >= 15 is 0 Å². The zero-order valence-corrected chi connectivity index (χ0v) is 8.10. The van der Waals surface area contributed by atoms with E-state index in [2.05, 4.69) is 18.7 Å². The van der Waals surface area contributed by atoms with Crippen molar-refractivity contribution in [3.05, 3.63) is 11.3 Å². The average molecular weight is 154 g/mol. The lowest BCUT2D eigenvalue weighted by Gasteiger charge is -2.25. The quantitative estimate of drug-likeness (QED) is 0.620. The van der Waals surface area contributed by atoms with E-state index in [1.807, 2.05) is 20.9 Å². The van der Waals surface area contributed by atoms with Crippen LogP contribution in [0.15, 0.2) is 11.3 Å². The van der Waals surface area contributed by atoms with Crippen LogP contribution in [0.4, 0.5) is 0 Å². The molecule has 1 N–H and O–H groups in total. The van der Waals surface area contributed by atoms with Crippen molar-refractivity contribution in [1.82, 2.24) is 4.90 Å². The first-order valence-corrected chi connectivity index (χ1v) is 3.91. The minimum Gasteiger partial charge on any atom is -0.375 e. The Morgan fingerprint density at radius 2 is 1.82 bits per heavy atom. The molecule has 0 aromatic heterocycles. The molecule has 0 amide bonds. The van der Waals surface area contributed by atoms with Gasteiger partial charge >= 0.3 is 0 Å². The normalized spacial score (nSPS) is 12.9. The highest BCUT2D eigenvalue weighted by Crippen LogP contribution is 2.08. The van der Waals surface area contributed by atoms with Crippen LogP contribution in [-0.4, -0.2) is 24.2 Å². The van der Waals surface area contributed by atoms with Crippen LogP contribution < -0.4 is 0 Å². The van der Waals surface area contributed by atoms with Crippen LogP contribution in [0, 0.1) is 5.41 Å². The Kier molecular flexibility index (Phi) is 3.86. The topological polar surface area (TPSA) is 27.1 Å². The second-order valence-electron chi connectivity index (χ2n) is 3.12. The largest absolute Gasteiger partial charge is 0.375 e. The number of hydrogen-bond donors (Lipinski definition) is 1. The Bertz CT molecular complexity index is 168. The highest BCUT2D eigenvalue weighted by Gasteiger charge is 2.04. The van der Waals surface area contributed by atoms with Crippen molar-refractivity contribution in [3.63, 3.8) is 0 Å². The average Bonchev–Trinajstić information content (AvgIpc) is 2.00. The van der Waals surface area contributed by atoms with Gasteiger partial charge in [0.05, 0.1) is 0 Å². The molecule has 0 aromatic rings. The molecule has 64 valence electrons. The molecule has 11 heavy (non-hydrogen) atoms. The van der Waals surface area contributed by atoms with Crippen molar-refractivity contribution in [3.8, 4) is 0 Å². The third kappa shape index (κ3) is 2.74. The van der Waals surface area contributed by atoms with E-state index in [1.54, 1.807) is 0 Å². The smallest absolute Gasteiger partial charge is 0.0227 e. The van der Waals surface area contributed by atoms with Crippen molar-refractivity contribution in [1.29, 1.82) is 5.41 Å². The van der Waals surface area contributed by atoms with Crippen LogP contribution >= 0.6 is 0 Å². The summed E-state index contributed by atoms with van der Waals surface area (Å²) in [6, 6.07) is 0.505. The van der Waals surface area contributed by atoms with Crippen molar-refractivity contribution in [2.45, 2.75) is 33.7 Å². The maximum atomic E-state index is 7.06. The molecule has 2 nitrogen and oxygen atoms in total. The Labute approximate surface area is 69.4 Å². The third-order valence-corrected chi connectivity index (χ3v) is 2.09. The van der Waals surface area contributed by atoms with Crippen LogP contribution in [0.5, 0.6) is 0 Å². The van der Waals surface area contributed by atoms with Gasteiger partial charge in [0.2, 0.25) is 0 Å². The van der Waals surface area contributed by atoms with Crippen molar-refractivity contribution >= 4 is 6.21 Å². The molecule has 0 saturated carbocycles. The van der Waals surface area contributed by atoms with Gasteiger partial charge < -0.3 is 10.3 Å². The summed E-state index contributed by atoms with van der Waals surface area (Å²) in [6.07, 6.45) is 1.40. The number of allylic oxidation sites excluding steroid dienone is 2. The lowest BCUT2D eigenvalue weighted by molar-refractivity contribution is 0.343. The van der Waals surface area contributed by atoms with Crippen molar-refractivity contribution in [2.24, 2.45) is 0 Å². The van der Waals surface area contributed by atoms with Gasteiger partial charge in [0.25, 0.3) is 0 Å². The molecule has 0 heterocycles. The highest BCUT2D eigenvalue weighted by molar-refractivity contribution is 5.75. The molecule has 2 heteroatoms. The molecular formula is C9H18N2. The fourth-order valence-corrected chi connectivity index (χ4v) is 0.770. The van der Waals surface area contributed by atoms with E-state index < -0.39 is 0 Å². The first kappa shape index (κ1) is 10.2. The fourth-order valence-electron chi connectivity index (χ4n) is 0.770. The first-order valence-electron chi connectivity index (χ1n) is 3.91. The Morgan fingerprint density at radius 3 is 2.09 bits per heavy atom. The van der Waals surface area contributed by atoms with Crippen LogP contribution in [0.1, 0.15) is 27.7 Å². The number of hydrogen-bond acceptors (Lipinski definition) is 2. The minimum atomic E-state index is 0.505. The van der Waals surface area contributed by atoms with E-state index in [9.17, 15) is 0 Å². The predicted molar refractivity (Wildman–Crippen MR) is 50.1 cm³/mol. The number of rotatable bonds is 3. The summed E-state index contributed by atoms with van der Waals surface area (Å²) in [5, 5.41) is 7.06. The molecule has 0 rings (SSSR count). The summed E-state index contributed by atoms with van der Waals surface area (Å²) in [6.45, 7) is 8.28. The van der Waals surface area contributed by atoms with Gasteiger partial charge in [0.15, 0.2) is 0 Å². The molecule has 0 radical (unpaired) electrons. The number of nitrogens with one attached hydrogen (secondary N) is 1. The van der Waals surface area contributed by atoms with Crippen LogP contribution in [0.2, 0.25) is 0 Å². The predicted octanol–water partition coefficient (Wildman–Crippen LogP) is 2.27. The van der Waals surface area contributed by atoms with E-state index in [0.29, 0.717) is 6.04 Å². The van der Waals surface area contributed by atoms with Gasteiger partial charge in [-0.2, -0.15) is 0 Å². The molecule has 0 saturated heterocycles. The molecule has 0 fully saturated rings. The zero-order valence-electron chi connectivity index (χ0n) is 8.10. The van der Waals surface area contributed by atoms with Gasteiger partial charge in [0.1, 0.15) is 0 Å². The summed E-state index contributed by atoms with van der Waals surface area (Å²) in [4.78, 5) is 2.17. The molecule has 0 aliphatic carbocycles. The van der Waals surface area contributed by atoms with Crippen molar-refractivity contribution < 1.29 is 0 Å². The Morgan fingerprint density at radius 1 is 1.36 bits per heavy atom. The minimum absolute atomic E-state index is 0.505. The summed E-state index contributed by atoms with van der Waals surface area (Å²) < 4.78 is 0. The first-order chi connectivity index (χ1) is 5.00. The van der Waals surface area contributed by atoms with E-state index in [-0.39, 0.29) is 0 Å². The van der Waals surface area contributed by atoms with Gasteiger partial charge in [-0.15, -0.1) is 0 Å². The maximum Gasteiger partial charge on any atom is 0.0227 e. The standard InChI is InChI=1S/C9H18N2/c1-7(2)11(5)9(4)8(3)6-10/h6-7,10H,1-5H3/b9-8+,10-6?. The molecule has 0 aliphatic heterocycles. The Balaban J connectivity index is 4.45. The molecule has 0 spiro atoms. The summed E-state index contributed by atoms with van der Waals surface area (Å²) in [7, 11) is 2.05. The third-order valence-electron chi connectivity index (χ3n) is 2.09. The van der Waals surface area contributed by atoms with Gasteiger partial charge in [-0.1, -0.05) is 0 Å². The van der Waals surface area contributed by atoms with E-state index in [0.717, 1.165) is 5.57 Å². The fraction of sp³-hybridized carbons (Fsp3) is 0.667. The van der Waals surface area contributed by atoms with Crippen LogP contribution in [0.25, 0.3) is 0 Å². The van der Waals surface area contributed by atoms with Gasteiger partial charge in [-0.3, -0.25) is 0 Å². The summed E-state index contributed by atoms with van der Waals surface area (Å²) in [5.74, 6) is 0. The molecular weight excluding hydrogens is 136 g/mol. The second-order valence-corrected chi connectivity index (χ2v) is 3.12.